The molecule has 4 rings (SSSR count). The predicted molar refractivity (Wildman–Crippen MR) is 115 cm³/mol. The fourth-order valence-corrected chi connectivity index (χ4v) is 3.89. The Morgan fingerprint density at radius 1 is 0.964 bits per heavy atom. The van der Waals surface area contributed by atoms with Crippen LogP contribution in [0.3, 0.4) is 0 Å². The lowest BCUT2D eigenvalue weighted by atomic mass is 10.1. The molecule has 5 nitrogen and oxygen atoms in total. The van der Waals surface area contributed by atoms with Crippen molar-refractivity contribution in [3.63, 3.8) is 0 Å². The van der Waals surface area contributed by atoms with Gasteiger partial charge in [0.05, 0.1) is 0 Å². The van der Waals surface area contributed by atoms with Crippen molar-refractivity contribution in [2.75, 3.05) is 44.2 Å². The molecule has 28 heavy (non-hydrogen) atoms. The number of carbonyl (C=O) groups is 1. The zero-order valence-electron chi connectivity index (χ0n) is 16.2. The maximum Gasteiger partial charge on any atom is 0.221 e. The number of carbonyl (C=O) groups excluding carboxylic acids is 1. The Bertz CT molecular complexity index is 897. The molecule has 1 aliphatic heterocycles. The first-order chi connectivity index (χ1) is 13.8. The number of nitrogens with zero attached hydrogens (tertiary/aromatic N) is 2. The van der Waals surface area contributed by atoms with E-state index in [0.717, 1.165) is 44.7 Å². The SMILES string of the molecule is O=C(CCN1CCN(c2ccccc2)CC1)NCCc1c[nH]c2ccccc12. The smallest absolute Gasteiger partial charge is 0.221 e. The molecule has 0 aliphatic carbocycles. The summed E-state index contributed by atoms with van der Waals surface area (Å²) in [6.45, 7) is 5.58. The van der Waals surface area contributed by atoms with Crippen molar-refractivity contribution in [2.24, 2.45) is 0 Å². The van der Waals surface area contributed by atoms with Crippen LogP contribution in [-0.2, 0) is 11.2 Å². The molecule has 2 heterocycles. The summed E-state index contributed by atoms with van der Waals surface area (Å²) in [4.78, 5) is 20.3. The van der Waals surface area contributed by atoms with Crippen molar-refractivity contribution in [1.29, 1.82) is 0 Å². The van der Waals surface area contributed by atoms with E-state index < -0.39 is 0 Å². The number of nitrogens with one attached hydrogen (secondary N) is 2. The quantitative estimate of drug-likeness (QED) is 0.666. The van der Waals surface area contributed by atoms with Crippen LogP contribution in [0, 0.1) is 0 Å². The van der Waals surface area contributed by atoms with Crippen LogP contribution >= 0.6 is 0 Å². The van der Waals surface area contributed by atoms with Gasteiger partial charge in [0.25, 0.3) is 0 Å². The van der Waals surface area contributed by atoms with Gasteiger partial charge < -0.3 is 15.2 Å². The summed E-state index contributed by atoms with van der Waals surface area (Å²) in [5, 5.41) is 4.31. The second kappa shape index (κ2) is 8.93. The lowest BCUT2D eigenvalue weighted by Crippen LogP contribution is -2.47. The summed E-state index contributed by atoms with van der Waals surface area (Å²) in [7, 11) is 0. The predicted octanol–water partition coefficient (Wildman–Crippen LogP) is 3.04. The van der Waals surface area contributed by atoms with Crippen molar-refractivity contribution in [3.8, 4) is 0 Å². The molecule has 0 atom stereocenters. The van der Waals surface area contributed by atoms with Gasteiger partial charge in [0.15, 0.2) is 0 Å². The van der Waals surface area contributed by atoms with E-state index in [9.17, 15) is 4.79 Å². The van der Waals surface area contributed by atoms with E-state index in [-0.39, 0.29) is 5.91 Å². The van der Waals surface area contributed by atoms with Gasteiger partial charge in [0, 0.05) is 68.5 Å². The number of hydrogen-bond acceptors (Lipinski definition) is 3. The van der Waals surface area contributed by atoms with Gasteiger partial charge in [0.1, 0.15) is 0 Å². The summed E-state index contributed by atoms with van der Waals surface area (Å²) >= 11 is 0. The molecule has 0 bridgehead atoms. The fourth-order valence-electron chi connectivity index (χ4n) is 3.89. The normalized spacial score (nSPS) is 15.1. The van der Waals surface area contributed by atoms with Crippen LogP contribution in [0.25, 0.3) is 10.9 Å². The van der Waals surface area contributed by atoms with E-state index in [1.807, 2.05) is 12.3 Å². The second-order valence-electron chi connectivity index (χ2n) is 7.37. The molecule has 1 fully saturated rings. The van der Waals surface area contributed by atoms with E-state index in [2.05, 4.69) is 68.6 Å². The Balaban J connectivity index is 1.15. The van der Waals surface area contributed by atoms with Crippen LogP contribution in [0.1, 0.15) is 12.0 Å². The molecule has 2 N–H and O–H groups in total. The maximum absolute atomic E-state index is 12.2. The molecule has 1 saturated heterocycles. The van der Waals surface area contributed by atoms with E-state index in [0.29, 0.717) is 13.0 Å². The summed E-state index contributed by atoms with van der Waals surface area (Å²) in [6.07, 6.45) is 3.47. The number of aromatic amines is 1. The number of para-hydroxylation sites is 2. The van der Waals surface area contributed by atoms with Gasteiger partial charge in [-0.2, -0.15) is 0 Å². The van der Waals surface area contributed by atoms with Gasteiger partial charge >= 0.3 is 0 Å². The van der Waals surface area contributed by atoms with Crippen molar-refractivity contribution < 1.29 is 4.79 Å². The van der Waals surface area contributed by atoms with E-state index in [1.165, 1.54) is 16.6 Å². The highest BCUT2D eigenvalue weighted by Gasteiger charge is 2.17. The number of benzene rings is 2. The van der Waals surface area contributed by atoms with Crippen LogP contribution in [0.5, 0.6) is 0 Å². The minimum absolute atomic E-state index is 0.144. The molecule has 0 spiro atoms. The first kappa shape index (κ1) is 18.6. The van der Waals surface area contributed by atoms with Gasteiger partial charge in [-0.05, 0) is 30.2 Å². The van der Waals surface area contributed by atoms with E-state index >= 15 is 0 Å². The topological polar surface area (TPSA) is 51.4 Å². The summed E-state index contributed by atoms with van der Waals surface area (Å²) in [5.41, 5.74) is 3.70. The molecule has 5 heteroatoms. The lowest BCUT2D eigenvalue weighted by Gasteiger charge is -2.36. The van der Waals surface area contributed by atoms with Crippen LogP contribution in [0.15, 0.2) is 60.8 Å². The number of fused-ring (bicyclic) bond motifs is 1. The van der Waals surface area contributed by atoms with Crippen LogP contribution in [0.2, 0.25) is 0 Å². The van der Waals surface area contributed by atoms with Crippen LogP contribution in [0.4, 0.5) is 5.69 Å². The van der Waals surface area contributed by atoms with E-state index in [1.54, 1.807) is 0 Å². The van der Waals surface area contributed by atoms with Crippen molar-refractivity contribution in [3.05, 3.63) is 66.4 Å². The van der Waals surface area contributed by atoms with Gasteiger partial charge in [-0.25, -0.2) is 0 Å². The first-order valence-corrected chi connectivity index (χ1v) is 10.1. The number of H-pyrrole nitrogens is 1. The van der Waals surface area contributed by atoms with Crippen molar-refractivity contribution in [1.82, 2.24) is 15.2 Å². The van der Waals surface area contributed by atoms with Crippen LogP contribution < -0.4 is 10.2 Å². The number of aromatic nitrogens is 1. The maximum atomic E-state index is 12.2. The van der Waals surface area contributed by atoms with Gasteiger partial charge in [0.2, 0.25) is 5.91 Å². The third-order valence-corrected chi connectivity index (χ3v) is 5.54. The highest BCUT2D eigenvalue weighted by atomic mass is 16.1. The van der Waals surface area contributed by atoms with Gasteiger partial charge in [-0.1, -0.05) is 36.4 Å². The Morgan fingerprint density at radius 3 is 2.54 bits per heavy atom. The molecule has 0 saturated carbocycles. The van der Waals surface area contributed by atoms with Crippen molar-refractivity contribution >= 4 is 22.5 Å². The summed E-state index contributed by atoms with van der Waals surface area (Å²) in [6, 6.07) is 18.8. The molecule has 1 aliphatic rings. The molecule has 0 unspecified atom stereocenters. The molecule has 146 valence electrons. The molecule has 1 amide bonds. The molecule has 2 aromatic carbocycles. The first-order valence-electron chi connectivity index (χ1n) is 10.1. The average Bonchev–Trinajstić information content (AvgIpc) is 3.16. The summed E-state index contributed by atoms with van der Waals surface area (Å²) < 4.78 is 0. The highest BCUT2D eigenvalue weighted by molar-refractivity contribution is 5.83. The van der Waals surface area contributed by atoms with E-state index in [4.69, 9.17) is 0 Å². The molecular formula is C23H28N4O. The number of hydrogen-bond donors (Lipinski definition) is 2. The molecule has 1 aromatic heterocycles. The zero-order chi connectivity index (χ0) is 19.2. The third kappa shape index (κ3) is 4.54. The largest absolute Gasteiger partial charge is 0.369 e. The standard InChI is InChI=1S/C23H28N4O/c28-23(24-12-10-19-18-25-22-9-5-4-8-21(19)22)11-13-26-14-16-27(17-15-26)20-6-2-1-3-7-20/h1-9,18,25H,10-17H2,(H,24,28). The monoisotopic (exact) mass is 376 g/mol. The number of rotatable bonds is 7. The number of amides is 1. The number of anilines is 1. The summed E-state index contributed by atoms with van der Waals surface area (Å²) in [5.74, 6) is 0.144. The Kier molecular flexibility index (Phi) is 5.92. The molecule has 0 radical (unpaired) electrons. The minimum Gasteiger partial charge on any atom is -0.369 e. The average molecular weight is 377 g/mol. The minimum atomic E-state index is 0.144. The zero-order valence-corrected chi connectivity index (χ0v) is 16.2. The number of piperazine rings is 1. The Morgan fingerprint density at radius 2 is 1.71 bits per heavy atom. The van der Waals surface area contributed by atoms with Crippen molar-refractivity contribution in [2.45, 2.75) is 12.8 Å². The van der Waals surface area contributed by atoms with Gasteiger partial charge in [-0.15, -0.1) is 0 Å². The Hall–Kier alpha value is -2.79. The highest BCUT2D eigenvalue weighted by Crippen LogP contribution is 2.18. The molecule has 3 aromatic rings. The van der Waals surface area contributed by atoms with Gasteiger partial charge in [-0.3, -0.25) is 9.69 Å². The Labute approximate surface area is 166 Å². The third-order valence-electron chi connectivity index (χ3n) is 5.54. The molecular weight excluding hydrogens is 348 g/mol. The second-order valence-corrected chi connectivity index (χ2v) is 7.37. The lowest BCUT2D eigenvalue weighted by molar-refractivity contribution is -0.121. The van der Waals surface area contributed by atoms with Crippen LogP contribution in [-0.4, -0.2) is 55.1 Å². The fraction of sp³-hybridized carbons (Fsp3) is 0.348.